The number of halogens is 2. The monoisotopic (exact) mass is 385 g/mol. The van der Waals surface area contributed by atoms with Crippen molar-refractivity contribution in [2.75, 3.05) is 0 Å². The van der Waals surface area contributed by atoms with Crippen LogP contribution >= 0.6 is 11.8 Å². The Hall–Kier alpha value is -3.07. The van der Waals surface area contributed by atoms with E-state index in [1.165, 1.54) is 23.9 Å². The van der Waals surface area contributed by atoms with Crippen molar-refractivity contribution in [2.24, 2.45) is 0 Å². The van der Waals surface area contributed by atoms with Gasteiger partial charge < -0.3 is 4.42 Å². The van der Waals surface area contributed by atoms with E-state index in [-0.39, 0.29) is 5.69 Å². The molecular weight excluding hydrogens is 372 g/mol. The van der Waals surface area contributed by atoms with E-state index in [4.69, 9.17) is 4.42 Å². The summed E-state index contributed by atoms with van der Waals surface area (Å²) in [6.07, 6.45) is 0. The van der Waals surface area contributed by atoms with Crippen LogP contribution in [0.15, 0.2) is 58.1 Å². The summed E-state index contributed by atoms with van der Waals surface area (Å²) in [7, 11) is 0. The van der Waals surface area contributed by atoms with Gasteiger partial charge in [0.2, 0.25) is 11.8 Å². The highest BCUT2D eigenvalue weighted by Crippen LogP contribution is 2.30. The van der Waals surface area contributed by atoms with Gasteiger partial charge in [0, 0.05) is 18.6 Å². The van der Waals surface area contributed by atoms with Crippen LogP contribution in [0.5, 0.6) is 0 Å². The maximum absolute atomic E-state index is 14.5. The smallest absolute Gasteiger partial charge is 0.226 e. The van der Waals surface area contributed by atoms with Crippen molar-refractivity contribution in [2.45, 2.75) is 17.8 Å². The molecule has 2 heterocycles. The number of aromatic nitrogens is 5. The summed E-state index contributed by atoms with van der Waals surface area (Å²) in [4.78, 5) is 0. The molecule has 27 heavy (non-hydrogen) atoms. The highest BCUT2D eigenvalue weighted by Gasteiger charge is 2.19. The molecule has 0 atom stereocenters. The Morgan fingerprint density at radius 2 is 1.81 bits per heavy atom. The normalized spacial score (nSPS) is 11.1. The lowest BCUT2D eigenvalue weighted by Crippen LogP contribution is -2.03. The summed E-state index contributed by atoms with van der Waals surface area (Å²) in [6.45, 7) is 1.70. The number of nitrogens with zero attached hydrogens (tertiary/aromatic N) is 5. The van der Waals surface area contributed by atoms with Crippen LogP contribution < -0.4 is 0 Å². The van der Waals surface area contributed by atoms with E-state index in [2.05, 4.69) is 20.4 Å². The number of rotatable bonds is 5. The van der Waals surface area contributed by atoms with Crippen molar-refractivity contribution in [1.82, 2.24) is 25.0 Å². The predicted octanol–water partition coefficient (Wildman–Crippen LogP) is 4.20. The third-order valence-corrected chi connectivity index (χ3v) is 4.62. The van der Waals surface area contributed by atoms with Crippen molar-refractivity contribution in [3.8, 4) is 17.1 Å². The Kier molecular flexibility index (Phi) is 4.68. The average molecular weight is 385 g/mol. The maximum atomic E-state index is 14.5. The van der Waals surface area contributed by atoms with Crippen molar-refractivity contribution >= 4 is 11.8 Å². The van der Waals surface area contributed by atoms with Crippen LogP contribution in [0.25, 0.3) is 17.1 Å². The summed E-state index contributed by atoms with van der Waals surface area (Å²) in [5.41, 5.74) is 0.915. The summed E-state index contributed by atoms with van der Waals surface area (Å²) in [5, 5.41) is 16.5. The van der Waals surface area contributed by atoms with E-state index in [1.54, 1.807) is 11.5 Å². The van der Waals surface area contributed by atoms with E-state index in [0.717, 1.165) is 11.6 Å². The van der Waals surface area contributed by atoms with E-state index in [9.17, 15) is 8.78 Å². The van der Waals surface area contributed by atoms with E-state index >= 15 is 0 Å². The average Bonchev–Trinajstić information content (AvgIpc) is 3.27. The van der Waals surface area contributed by atoms with Crippen molar-refractivity contribution < 1.29 is 13.2 Å². The largest absolute Gasteiger partial charge is 0.425 e. The second-order valence-electron chi connectivity index (χ2n) is 5.61. The molecule has 136 valence electrons. The Bertz CT molecular complexity index is 1080. The molecule has 0 fully saturated rings. The summed E-state index contributed by atoms with van der Waals surface area (Å²) >= 11 is 1.27. The molecular formula is C18H13F2N5OS. The van der Waals surface area contributed by atoms with E-state index < -0.39 is 11.6 Å². The first-order valence-corrected chi connectivity index (χ1v) is 8.98. The Labute approximate surface area is 157 Å². The molecule has 2 aromatic carbocycles. The van der Waals surface area contributed by atoms with Gasteiger partial charge in [-0.05, 0) is 12.1 Å². The number of benzene rings is 2. The molecule has 0 saturated carbocycles. The highest BCUT2D eigenvalue weighted by molar-refractivity contribution is 7.98. The standard InChI is InChI=1S/C18H13F2N5OS/c1-11-21-22-16(26-11)10-27-18-24-23-17(12-5-3-2-4-6-12)25(18)15-8-7-13(19)9-14(15)20/h2-9H,10H2,1H3. The molecule has 0 saturated heterocycles. The van der Waals surface area contributed by atoms with E-state index in [1.807, 2.05) is 30.3 Å². The van der Waals surface area contributed by atoms with Crippen LogP contribution in [0.4, 0.5) is 8.78 Å². The minimum absolute atomic E-state index is 0.157. The van der Waals surface area contributed by atoms with Gasteiger partial charge in [-0.1, -0.05) is 42.1 Å². The molecule has 0 radical (unpaired) electrons. The van der Waals surface area contributed by atoms with Gasteiger partial charge in [-0.2, -0.15) is 0 Å². The lowest BCUT2D eigenvalue weighted by molar-refractivity contribution is 0.485. The second kappa shape index (κ2) is 7.28. The van der Waals surface area contributed by atoms with E-state index in [0.29, 0.717) is 28.5 Å². The fraction of sp³-hybridized carbons (Fsp3) is 0.111. The summed E-state index contributed by atoms with van der Waals surface area (Å²) in [5.74, 6) is 0.319. The fourth-order valence-electron chi connectivity index (χ4n) is 2.54. The minimum atomic E-state index is -0.706. The zero-order valence-corrected chi connectivity index (χ0v) is 15.0. The Balaban J connectivity index is 1.78. The highest BCUT2D eigenvalue weighted by atomic mass is 32.2. The molecule has 4 rings (SSSR count). The molecule has 0 aliphatic rings. The molecule has 0 bridgehead atoms. The van der Waals surface area contributed by atoms with Gasteiger partial charge in [0.1, 0.15) is 11.6 Å². The number of thioether (sulfide) groups is 1. The van der Waals surface area contributed by atoms with Crippen molar-refractivity contribution in [1.29, 1.82) is 0 Å². The maximum Gasteiger partial charge on any atom is 0.226 e. The molecule has 0 amide bonds. The molecule has 9 heteroatoms. The number of hydrogen-bond acceptors (Lipinski definition) is 6. The lowest BCUT2D eigenvalue weighted by atomic mass is 10.2. The topological polar surface area (TPSA) is 69.6 Å². The fourth-order valence-corrected chi connectivity index (χ4v) is 3.32. The van der Waals surface area contributed by atoms with Gasteiger partial charge in [-0.25, -0.2) is 8.78 Å². The van der Waals surface area contributed by atoms with Gasteiger partial charge >= 0.3 is 0 Å². The zero-order valence-electron chi connectivity index (χ0n) is 14.1. The van der Waals surface area contributed by atoms with Gasteiger partial charge in [0.25, 0.3) is 0 Å². The first-order valence-electron chi connectivity index (χ1n) is 8.00. The summed E-state index contributed by atoms with van der Waals surface area (Å²) in [6, 6.07) is 12.7. The van der Waals surface area contributed by atoms with Gasteiger partial charge in [-0.15, -0.1) is 20.4 Å². The predicted molar refractivity (Wildman–Crippen MR) is 95.3 cm³/mol. The third kappa shape index (κ3) is 3.59. The van der Waals surface area contributed by atoms with Crippen LogP contribution in [-0.2, 0) is 5.75 Å². The molecule has 0 N–H and O–H groups in total. The van der Waals surface area contributed by atoms with Gasteiger partial charge in [0.15, 0.2) is 11.0 Å². The van der Waals surface area contributed by atoms with Crippen molar-refractivity contribution in [3.05, 3.63) is 71.9 Å². The molecule has 0 aliphatic carbocycles. The molecule has 0 aliphatic heterocycles. The van der Waals surface area contributed by atoms with Gasteiger partial charge in [0.05, 0.1) is 11.4 Å². The first-order chi connectivity index (χ1) is 13.1. The van der Waals surface area contributed by atoms with Crippen LogP contribution in [0.2, 0.25) is 0 Å². The van der Waals surface area contributed by atoms with Crippen LogP contribution in [0, 0.1) is 18.6 Å². The lowest BCUT2D eigenvalue weighted by Gasteiger charge is -2.11. The minimum Gasteiger partial charge on any atom is -0.425 e. The molecule has 2 aromatic heterocycles. The zero-order chi connectivity index (χ0) is 18.8. The van der Waals surface area contributed by atoms with Crippen molar-refractivity contribution in [3.63, 3.8) is 0 Å². The first kappa shape index (κ1) is 17.3. The SMILES string of the molecule is Cc1nnc(CSc2nnc(-c3ccccc3)n2-c2ccc(F)cc2F)o1. The van der Waals surface area contributed by atoms with Crippen LogP contribution in [0.1, 0.15) is 11.8 Å². The Morgan fingerprint density at radius 3 is 2.52 bits per heavy atom. The van der Waals surface area contributed by atoms with Gasteiger partial charge in [-0.3, -0.25) is 4.57 Å². The molecule has 0 spiro atoms. The van der Waals surface area contributed by atoms with Crippen LogP contribution in [0.3, 0.4) is 0 Å². The van der Waals surface area contributed by atoms with Crippen LogP contribution in [-0.4, -0.2) is 25.0 Å². The summed E-state index contributed by atoms with van der Waals surface area (Å²) < 4.78 is 34.8. The molecule has 0 unspecified atom stereocenters. The molecule has 6 nitrogen and oxygen atoms in total. The second-order valence-corrected chi connectivity index (χ2v) is 6.55. The Morgan fingerprint density at radius 1 is 1.00 bits per heavy atom. The molecule has 4 aromatic rings. The number of hydrogen-bond donors (Lipinski definition) is 0. The quantitative estimate of drug-likeness (QED) is 0.480. The number of aryl methyl sites for hydroxylation is 1. The third-order valence-electron chi connectivity index (χ3n) is 3.71.